The molecule has 2 rings (SSSR count). The van der Waals surface area contributed by atoms with Crippen LogP contribution in [0.2, 0.25) is 5.02 Å². The van der Waals surface area contributed by atoms with Gasteiger partial charge in [0.25, 0.3) is 0 Å². The van der Waals surface area contributed by atoms with Crippen molar-refractivity contribution in [3.63, 3.8) is 0 Å². The number of anilines is 1. The van der Waals surface area contributed by atoms with Gasteiger partial charge in [-0.3, -0.25) is 4.90 Å². The summed E-state index contributed by atoms with van der Waals surface area (Å²) in [5.41, 5.74) is 1.89. The summed E-state index contributed by atoms with van der Waals surface area (Å²) in [7, 11) is 0. The predicted molar refractivity (Wildman–Crippen MR) is 66.1 cm³/mol. The van der Waals surface area contributed by atoms with Gasteiger partial charge in [0, 0.05) is 23.3 Å². The molecule has 1 unspecified atom stereocenters. The number of hydrogen-bond donors (Lipinski definition) is 1. The van der Waals surface area contributed by atoms with Gasteiger partial charge >= 0.3 is 6.03 Å². The Morgan fingerprint density at radius 1 is 1.56 bits per heavy atom. The number of carbonyl (C=O) groups excluding carboxylic acids is 1. The summed E-state index contributed by atoms with van der Waals surface area (Å²) < 4.78 is 0. The number of halogens is 1. The van der Waals surface area contributed by atoms with Gasteiger partial charge in [-0.25, -0.2) is 4.79 Å². The van der Waals surface area contributed by atoms with Crippen LogP contribution < -0.4 is 10.2 Å². The van der Waals surface area contributed by atoms with Crippen molar-refractivity contribution in [1.82, 2.24) is 5.32 Å². The number of carbonyl (C=O) groups is 1. The number of nitrogens with one attached hydrogen (secondary N) is 1. The summed E-state index contributed by atoms with van der Waals surface area (Å²) in [6.07, 6.45) is 0.946. The number of rotatable bonds is 2. The van der Waals surface area contributed by atoms with Gasteiger partial charge in [0.2, 0.25) is 0 Å². The molecule has 1 aliphatic rings. The van der Waals surface area contributed by atoms with E-state index in [0.717, 1.165) is 17.7 Å². The molecule has 1 fully saturated rings. The van der Waals surface area contributed by atoms with Crippen molar-refractivity contribution in [2.75, 3.05) is 11.4 Å². The summed E-state index contributed by atoms with van der Waals surface area (Å²) in [4.78, 5) is 13.4. The minimum Gasteiger partial charge on any atom is -0.333 e. The van der Waals surface area contributed by atoms with Gasteiger partial charge in [-0.2, -0.15) is 0 Å². The summed E-state index contributed by atoms with van der Waals surface area (Å²) >= 11 is 6.05. The lowest BCUT2D eigenvalue weighted by Gasteiger charge is -2.15. The topological polar surface area (TPSA) is 32.3 Å². The lowest BCUT2D eigenvalue weighted by Crippen LogP contribution is -2.28. The van der Waals surface area contributed by atoms with Gasteiger partial charge < -0.3 is 5.32 Å². The van der Waals surface area contributed by atoms with E-state index in [1.165, 1.54) is 0 Å². The van der Waals surface area contributed by atoms with Crippen LogP contribution in [-0.4, -0.2) is 18.6 Å². The minimum absolute atomic E-state index is 0.0354. The normalized spacial score (nSPS) is 20.1. The number of nitrogens with zero attached hydrogens (tertiary/aromatic N) is 1. The standard InChI is InChI=1S/C12H15ClN2O/c1-3-9-7-15(12(16)14-9)10-5-4-8(2)11(13)6-10/h4-6,9H,3,7H2,1-2H3,(H,14,16). The first-order valence-corrected chi connectivity index (χ1v) is 5.83. The Morgan fingerprint density at radius 2 is 2.31 bits per heavy atom. The van der Waals surface area contributed by atoms with Gasteiger partial charge in [-0.05, 0) is 31.0 Å². The Bertz CT molecular complexity index is 419. The first-order chi connectivity index (χ1) is 7.61. The number of benzene rings is 1. The number of aryl methyl sites for hydroxylation is 1. The van der Waals surface area contributed by atoms with Crippen molar-refractivity contribution in [3.8, 4) is 0 Å². The maximum absolute atomic E-state index is 11.7. The second-order valence-corrected chi connectivity index (χ2v) is 4.51. The summed E-state index contributed by atoms with van der Waals surface area (Å²) in [5.74, 6) is 0. The molecule has 0 radical (unpaired) electrons. The van der Waals surface area contributed by atoms with E-state index in [-0.39, 0.29) is 12.1 Å². The largest absolute Gasteiger partial charge is 0.333 e. The predicted octanol–water partition coefficient (Wildman–Crippen LogP) is 2.96. The molecule has 0 spiro atoms. The molecule has 4 heteroatoms. The third-order valence-electron chi connectivity index (χ3n) is 2.94. The molecule has 2 amide bonds. The van der Waals surface area contributed by atoms with Crippen LogP contribution in [0.4, 0.5) is 10.5 Å². The molecule has 0 bridgehead atoms. The van der Waals surface area contributed by atoms with E-state index in [1.54, 1.807) is 4.90 Å². The Morgan fingerprint density at radius 3 is 2.88 bits per heavy atom. The molecule has 86 valence electrons. The van der Waals surface area contributed by atoms with Crippen molar-refractivity contribution >= 4 is 23.3 Å². The van der Waals surface area contributed by atoms with Crippen molar-refractivity contribution in [2.45, 2.75) is 26.3 Å². The average Bonchev–Trinajstić information content (AvgIpc) is 2.64. The second-order valence-electron chi connectivity index (χ2n) is 4.10. The molecule has 1 aliphatic heterocycles. The number of urea groups is 1. The number of amides is 2. The van der Waals surface area contributed by atoms with Crippen molar-refractivity contribution < 1.29 is 4.79 Å². The van der Waals surface area contributed by atoms with E-state index in [9.17, 15) is 4.79 Å². The first kappa shape index (κ1) is 11.3. The van der Waals surface area contributed by atoms with E-state index >= 15 is 0 Å². The molecule has 1 atom stereocenters. The molecule has 1 saturated heterocycles. The molecule has 1 N–H and O–H groups in total. The van der Waals surface area contributed by atoms with Crippen LogP contribution >= 0.6 is 11.6 Å². The van der Waals surface area contributed by atoms with E-state index in [2.05, 4.69) is 12.2 Å². The van der Waals surface area contributed by atoms with Crippen LogP contribution in [0.1, 0.15) is 18.9 Å². The van der Waals surface area contributed by atoms with Crippen LogP contribution in [0, 0.1) is 6.92 Å². The van der Waals surface area contributed by atoms with E-state index in [1.807, 2.05) is 25.1 Å². The summed E-state index contributed by atoms with van der Waals surface area (Å²) in [5, 5.41) is 3.63. The first-order valence-electron chi connectivity index (χ1n) is 5.46. The van der Waals surface area contributed by atoms with Gasteiger partial charge in [0.05, 0.1) is 0 Å². The Kier molecular flexibility index (Phi) is 3.06. The highest BCUT2D eigenvalue weighted by molar-refractivity contribution is 6.31. The quantitative estimate of drug-likeness (QED) is 0.844. The molecule has 1 aromatic rings. The van der Waals surface area contributed by atoms with Gasteiger partial charge in [0.1, 0.15) is 0 Å². The maximum atomic E-state index is 11.7. The van der Waals surface area contributed by atoms with Crippen LogP contribution in [0.25, 0.3) is 0 Å². The van der Waals surface area contributed by atoms with Gasteiger partial charge in [0.15, 0.2) is 0 Å². The molecular formula is C12H15ClN2O. The Hall–Kier alpha value is -1.22. The Balaban J connectivity index is 2.24. The fourth-order valence-electron chi connectivity index (χ4n) is 1.80. The summed E-state index contributed by atoms with van der Waals surface area (Å²) in [6.45, 7) is 4.73. The lowest BCUT2D eigenvalue weighted by molar-refractivity contribution is 0.250. The fourth-order valence-corrected chi connectivity index (χ4v) is 1.98. The molecule has 0 aromatic heterocycles. The van der Waals surface area contributed by atoms with Crippen LogP contribution in [0.3, 0.4) is 0 Å². The molecule has 0 aliphatic carbocycles. The van der Waals surface area contributed by atoms with E-state index < -0.39 is 0 Å². The zero-order chi connectivity index (χ0) is 11.7. The highest BCUT2D eigenvalue weighted by atomic mass is 35.5. The number of hydrogen-bond acceptors (Lipinski definition) is 1. The monoisotopic (exact) mass is 238 g/mol. The van der Waals surface area contributed by atoms with Crippen LogP contribution in [0.5, 0.6) is 0 Å². The fraction of sp³-hybridized carbons (Fsp3) is 0.417. The Labute approximate surface area is 100 Å². The van der Waals surface area contributed by atoms with E-state index in [0.29, 0.717) is 11.6 Å². The third kappa shape index (κ3) is 2.00. The molecular weight excluding hydrogens is 224 g/mol. The van der Waals surface area contributed by atoms with Crippen molar-refractivity contribution in [2.24, 2.45) is 0 Å². The van der Waals surface area contributed by atoms with E-state index in [4.69, 9.17) is 11.6 Å². The third-order valence-corrected chi connectivity index (χ3v) is 3.34. The highest BCUT2D eigenvalue weighted by Crippen LogP contribution is 2.25. The van der Waals surface area contributed by atoms with Crippen LogP contribution in [-0.2, 0) is 0 Å². The van der Waals surface area contributed by atoms with Crippen molar-refractivity contribution in [1.29, 1.82) is 0 Å². The molecule has 16 heavy (non-hydrogen) atoms. The lowest BCUT2D eigenvalue weighted by atomic mass is 10.2. The second kappa shape index (κ2) is 4.34. The zero-order valence-corrected chi connectivity index (χ0v) is 10.2. The highest BCUT2D eigenvalue weighted by Gasteiger charge is 2.28. The molecule has 1 aromatic carbocycles. The summed E-state index contributed by atoms with van der Waals surface area (Å²) in [6, 6.07) is 5.91. The van der Waals surface area contributed by atoms with Crippen molar-refractivity contribution in [3.05, 3.63) is 28.8 Å². The molecule has 1 heterocycles. The smallest absolute Gasteiger partial charge is 0.322 e. The minimum atomic E-state index is -0.0354. The SMILES string of the molecule is CCC1CN(c2ccc(C)c(Cl)c2)C(=O)N1. The maximum Gasteiger partial charge on any atom is 0.322 e. The van der Waals surface area contributed by atoms with Gasteiger partial charge in [-0.1, -0.05) is 24.6 Å². The average molecular weight is 239 g/mol. The van der Waals surface area contributed by atoms with Crippen LogP contribution in [0.15, 0.2) is 18.2 Å². The zero-order valence-electron chi connectivity index (χ0n) is 9.46. The molecule has 3 nitrogen and oxygen atoms in total. The molecule has 0 saturated carbocycles. The van der Waals surface area contributed by atoms with Gasteiger partial charge in [-0.15, -0.1) is 0 Å².